The fourth-order valence-electron chi connectivity index (χ4n) is 2.64. The molecule has 2 rings (SSSR count). The van der Waals surface area contributed by atoms with Gasteiger partial charge in [0, 0.05) is 6.04 Å². The van der Waals surface area contributed by atoms with Crippen LogP contribution in [0.3, 0.4) is 0 Å². The lowest BCUT2D eigenvalue weighted by Crippen LogP contribution is -2.33. The summed E-state index contributed by atoms with van der Waals surface area (Å²) in [6.07, 6.45) is 2.89. The molecule has 0 spiro atoms. The van der Waals surface area contributed by atoms with Crippen molar-refractivity contribution in [2.75, 3.05) is 5.73 Å². The molecule has 4 nitrogen and oxygen atoms in total. The van der Waals surface area contributed by atoms with Crippen LogP contribution in [-0.2, 0) is 10.0 Å². The molecule has 1 aliphatic rings. The Morgan fingerprint density at radius 1 is 1.21 bits per heavy atom. The van der Waals surface area contributed by atoms with Gasteiger partial charge in [-0.15, -0.1) is 0 Å². The van der Waals surface area contributed by atoms with Crippen LogP contribution in [0.1, 0.15) is 37.3 Å². The zero-order valence-electron chi connectivity index (χ0n) is 11.7. The van der Waals surface area contributed by atoms with Crippen LogP contribution in [0.4, 0.5) is 5.69 Å². The number of hydrogen-bond donors (Lipinski definition) is 2. The summed E-state index contributed by atoms with van der Waals surface area (Å²) in [5.41, 5.74) is 8.12. The number of benzene rings is 1. The molecule has 106 valence electrons. The molecule has 0 saturated heterocycles. The van der Waals surface area contributed by atoms with E-state index in [-0.39, 0.29) is 10.9 Å². The first-order valence-electron chi connectivity index (χ1n) is 6.68. The SMILES string of the molecule is Cc1cc(N)c(S(=O)(=O)NC2CCC(C)C2)cc1C. The normalized spacial score (nSPS) is 23.7. The molecule has 0 aromatic heterocycles. The Kier molecular flexibility index (Phi) is 3.87. The Morgan fingerprint density at radius 2 is 1.84 bits per heavy atom. The summed E-state index contributed by atoms with van der Waals surface area (Å²) in [6.45, 7) is 5.97. The number of sulfonamides is 1. The molecule has 3 N–H and O–H groups in total. The van der Waals surface area contributed by atoms with Gasteiger partial charge in [0.2, 0.25) is 10.0 Å². The number of aryl methyl sites for hydroxylation is 2. The van der Waals surface area contributed by atoms with Crippen molar-refractivity contribution in [3.8, 4) is 0 Å². The molecule has 1 saturated carbocycles. The molecule has 0 bridgehead atoms. The number of hydrogen-bond acceptors (Lipinski definition) is 3. The summed E-state index contributed by atoms with van der Waals surface area (Å²) in [7, 11) is -3.51. The summed E-state index contributed by atoms with van der Waals surface area (Å²) in [5, 5.41) is 0. The molecule has 0 radical (unpaired) electrons. The van der Waals surface area contributed by atoms with E-state index < -0.39 is 10.0 Å². The highest BCUT2D eigenvalue weighted by Gasteiger charge is 2.27. The number of nitrogen functional groups attached to an aromatic ring is 1. The second-order valence-corrected chi connectivity index (χ2v) is 7.39. The van der Waals surface area contributed by atoms with Gasteiger partial charge in [0.05, 0.1) is 5.69 Å². The van der Waals surface area contributed by atoms with Crippen molar-refractivity contribution in [3.63, 3.8) is 0 Å². The molecule has 19 heavy (non-hydrogen) atoms. The van der Waals surface area contributed by atoms with E-state index in [4.69, 9.17) is 5.73 Å². The first-order chi connectivity index (χ1) is 8.79. The maximum absolute atomic E-state index is 12.4. The van der Waals surface area contributed by atoms with Crippen LogP contribution in [0.5, 0.6) is 0 Å². The van der Waals surface area contributed by atoms with E-state index in [2.05, 4.69) is 11.6 Å². The van der Waals surface area contributed by atoms with Gasteiger partial charge in [0.1, 0.15) is 4.90 Å². The Hall–Kier alpha value is -1.07. The smallest absolute Gasteiger partial charge is 0.242 e. The van der Waals surface area contributed by atoms with Crippen LogP contribution < -0.4 is 10.5 Å². The van der Waals surface area contributed by atoms with Gasteiger partial charge in [0.25, 0.3) is 0 Å². The number of nitrogens with two attached hydrogens (primary N) is 1. The standard InChI is InChI=1S/C14H22N2O2S/c1-9-4-5-12(6-9)16-19(17,18)14-8-11(3)10(2)7-13(14)15/h7-9,12,16H,4-6,15H2,1-3H3. The highest BCUT2D eigenvalue weighted by Crippen LogP contribution is 2.28. The minimum absolute atomic E-state index is 0.0426. The minimum Gasteiger partial charge on any atom is -0.398 e. The van der Waals surface area contributed by atoms with Crippen LogP contribution in [0, 0.1) is 19.8 Å². The zero-order chi connectivity index (χ0) is 14.2. The van der Waals surface area contributed by atoms with Gasteiger partial charge in [-0.1, -0.05) is 6.92 Å². The van der Waals surface area contributed by atoms with E-state index in [9.17, 15) is 8.42 Å². The molecule has 2 atom stereocenters. The van der Waals surface area contributed by atoms with Crippen LogP contribution in [0.25, 0.3) is 0 Å². The van der Waals surface area contributed by atoms with Crippen molar-refractivity contribution in [1.29, 1.82) is 0 Å². The Labute approximate surface area is 115 Å². The first-order valence-corrected chi connectivity index (χ1v) is 8.17. The number of rotatable bonds is 3. The lowest BCUT2D eigenvalue weighted by Gasteiger charge is -2.15. The summed E-state index contributed by atoms with van der Waals surface area (Å²) in [5.74, 6) is 0.588. The van der Waals surface area contributed by atoms with Crippen molar-refractivity contribution in [2.24, 2.45) is 5.92 Å². The predicted molar refractivity (Wildman–Crippen MR) is 77.5 cm³/mol. The van der Waals surface area contributed by atoms with Gasteiger partial charge in [-0.25, -0.2) is 13.1 Å². The summed E-state index contributed by atoms with van der Waals surface area (Å²) in [4.78, 5) is 0.204. The van der Waals surface area contributed by atoms with Crippen molar-refractivity contribution < 1.29 is 8.42 Å². The van der Waals surface area contributed by atoms with Crippen LogP contribution in [0.2, 0.25) is 0 Å². The lowest BCUT2D eigenvalue weighted by molar-refractivity contribution is 0.538. The molecule has 1 fully saturated rings. The Bertz CT molecular complexity index is 581. The van der Waals surface area contributed by atoms with Gasteiger partial charge >= 0.3 is 0 Å². The largest absolute Gasteiger partial charge is 0.398 e. The summed E-state index contributed by atoms with van der Waals surface area (Å²) in [6, 6.07) is 3.42. The van der Waals surface area contributed by atoms with Crippen molar-refractivity contribution >= 4 is 15.7 Å². The molecule has 1 aliphatic carbocycles. The molecule has 0 aliphatic heterocycles. The van der Waals surface area contributed by atoms with Crippen molar-refractivity contribution in [2.45, 2.75) is 51.0 Å². The Morgan fingerprint density at radius 3 is 2.42 bits per heavy atom. The molecule has 0 heterocycles. The fraction of sp³-hybridized carbons (Fsp3) is 0.571. The quantitative estimate of drug-likeness (QED) is 0.836. The molecule has 0 amide bonds. The lowest BCUT2D eigenvalue weighted by atomic mass is 10.1. The predicted octanol–water partition coefficient (Wildman–Crippen LogP) is 2.35. The molecular formula is C14H22N2O2S. The molecular weight excluding hydrogens is 260 g/mol. The van der Waals surface area contributed by atoms with E-state index in [1.165, 1.54) is 0 Å². The molecule has 1 aromatic carbocycles. The molecule has 2 unspecified atom stereocenters. The van der Waals surface area contributed by atoms with E-state index in [1.807, 2.05) is 13.8 Å². The van der Waals surface area contributed by atoms with E-state index in [0.717, 1.165) is 30.4 Å². The number of nitrogens with one attached hydrogen (secondary N) is 1. The third kappa shape index (κ3) is 3.09. The van der Waals surface area contributed by atoms with Crippen LogP contribution >= 0.6 is 0 Å². The third-order valence-electron chi connectivity index (χ3n) is 3.93. The first kappa shape index (κ1) is 14.3. The monoisotopic (exact) mass is 282 g/mol. The highest BCUT2D eigenvalue weighted by molar-refractivity contribution is 7.89. The van der Waals surface area contributed by atoms with Crippen LogP contribution in [-0.4, -0.2) is 14.5 Å². The Balaban J connectivity index is 2.27. The maximum atomic E-state index is 12.4. The van der Waals surface area contributed by atoms with E-state index in [0.29, 0.717) is 11.6 Å². The van der Waals surface area contributed by atoms with Gasteiger partial charge in [-0.3, -0.25) is 0 Å². The average molecular weight is 282 g/mol. The van der Waals surface area contributed by atoms with E-state index in [1.54, 1.807) is 12.1 Å². The molecule has 5 heteroatoms. The second-order valence-electron chi connectivity index (χ2n) is 5.71. The van der Waals surface area contributed by atoms with Gasteiger partial charge in [-0.2, -0.15) is 0 Å². The second kappa shape index (κ2) is 5.13. The third-order valence-corrected chi connectivity index (χ3v) is 5.51. The zero-order valence-corrected chi connectivity index (χ0v) is 12.5. The van der Waals surface area contributed by atoms with Crippen molar-refractivity contribution in [1.82, 2.24) is 4.72 Å². The van der Waals surface area contributed by atoms with Gasteiger partial charge in [-0.05, 0) is 62.3 Å². The fourth-order valence-corrected chi connectivity index (χ4v) is 4.12. The van der Waals surface area contributed by atoms with E-state index >= 15 is 0 Å². The van der Waals surface area contributed by atoms with Crippen LogP contribution in [0.15, 0.2) is 17.0 Å². The van der Waals surface area contributed by atoms with Crippen molar-refractivity contribution in [3.05, 3.63) is 23.3 Å². The molecule has 1 aromatic rings. The topological polar surface area (TPSA) is 72.2 Å². The summed E-state index contributed by atoms with van der Waals surface area (Å²) >= 11 is 0. The minimum atomic E-state index is -3.51. The van der Waals surface area contributed by atoms with Gasteiger partial charge < -0.3 is 5.73 Å². The van der Waals surface area contributed by atoms with Gasteiger partial charge in [0.15, 0.2) is 0 Å². The average Bonchev–Trinajstić information content (AvgIpc) is 2.68. The maximum Gasteiger partial charge on any atom is 0.242 e. The number of anilines is 1. The summed E-state index contributed by atoms with van der Waals surface area (Å²) < 4.78 is 27.6. The highest BCUT2D eigenvalue weighted by atomic mass is 32.2.